The van der Waals surface area contributed by atoms with Crippen LogP contribution in [0.2, 0.25) is 0 Å². The molecular weight excluding hydrogens is 212 g/mol. The summed E-state index contributed by atoms with van der Waals surface area (Å²) in [5, 5.41) is 16.9. The van der Waals surface area contributed by atoms with Crippen LogP contribution in [0.1, 0.15) is 43.9 Å². The van der Waals surface area contributed by atoms with E-state index in [2.05, 4.69) is 23.4 Å². The van der Waals surface area contributed by atoms with Crippen molar-refractivity contribution in [1.29, 1.82) is 5.26 Å². The summed E-state index contributed by atoms with van der Waals surface area (Å²) >= 11 is 0. The smallest absolute Gasteiger partial charge is 0.142 e. The van der Waals surface area contributed by atoms with Crippen molar-refractivity contribution in [3.05, 3.63) is 11.3 Å². The highest BCUT2D eigenvalue weighted by molar-refractivity contribution is 5.55. The average molecular weight is 232 g/mol. The van der Waals surface area contributed by atoms with Gasteiger partial charge in [0.2, 0.25) is 0 Å². The zero-order valence-electron chi connectivity index (χ0n) is 10.8. The highest BCUT2D eigenvalue weighted by atomic mass is 15.3. The molecule has 1 aliphatic rings. The van der Waals surface area contributed by atoms with Gasteiger partial charge in [-0.25, -0.2) is 0 Å². The van der Waals surface area contributed by atoms with Crippen molar-refractivity contribution < 1.29 is 0 Å². The van der Waals surface area contributed by atoms with Crippen LogP contribution in [0, 0.1) is 24.2 Å². The SMILES string of the molecule is Cc1nn(C)c(NC2CCC(C)CC2)c1C#N. The Hall–Kier alpha value is -1.50. The minimum absolute atomic E-state index is 0.494. The Morgan fingerprint density at radius 2 is 2.00 bits per heavy atom. The lowest BCUT2D eigenvalue weighted by atomic mass is 9.87. The number of nitrogens with one attached hydrogen (secondary N) is 1. The molecule has 1 aliphatic carbocycles. The maximum absolute atomic E-state index is 9.14. The molecule has 0 amide bonds. The molecular formula is C13H20N4. The van der Waals surface area contributed by atoms with E-state index < -0.39 is 0 Å². The second-order valence-electron chi connectivity index (χ2n) is 5.15. The Balaban J connectivity index is 2.11. The molecule has 1 N–H and O–H groups in total. The van der Waals surface area contributed by atoms with Gasteiger partial charge in [0.15, 0.2) is 0 Å². The molecule has 1 saturated carbocycles. The fraction of sp³-hybridized carbons (Fsp3) is 0.692. The van der Waals surface area contributed by atoms with Gasteiger partial charge in [0.1, 0.15) is 17.5 Å². The van der Waals surface area contributed by atoms with E-state index in [4.69, 9.17) is 5.26 Å². The van der Waals surface area contributed by atoms with E-state index >= 15 is 0 Å². The molecule has 2 rings (SSSR count). The molecule has 0 spiro atoms. The van der Waals surface area contributed by atoms with Crippen molar-refractivity contribution in [2.45, 2.75) is 45.6 Å². The van der Waals surface area contributed by atoms with Gasteiger partial charge in [0.05, 0.1) is 5.69 Å². The number of aryl methyl sites for hydroxylation is 2. The van der Waals surface area contributed by atoms with Crippen LogP contribution in [-0.4, -0.2) is 15.8 Å². The van der Waals surface area contributed by atoms with Crippen LogP contribution >= 0.6 is 0 Å². The normalized spacial score (nSPS) is 24.4. The lowest BCUT2D eigenvalue weighted by Gasteiger charge is -2.27. The van der Waals surface area contributed by atoms with Crippen LogP contribution in [0.25, 0.3) is 0 Å². The first-order chi connectivity index (χ1) is 8.11. The molecule has 92 valence electrons. The summed E-state index contributed by atoms with van der Waals surface area (Å²) in [5.74, 6) is 1.72. The van der Waals surface area contributed by atoms with Gasteiger partial charge in [-0.1, -0.05) is 6.92 Å². The third-order valence-electron chi connectivity index (χ3n) is 3.69. The van der Waals surface area contributed by atoms with Gasteiger partial charge in [-0.05, 0) is 38.5 Å². The maximum atomic E-state index is 9.14. The first-order valence-corrected chi connectivity index (χ1v) is 6.32. The molecule has 0 unspecified atom stereocenters. The summed E-state index contributed by atoms with van der Waals surface area (Å²) < 4.78 is 1.78. The Bertz CT molecular complexity index is 433. The molecule has 0 bridgehead atoms. The maximum Gasteiger partial charge on any atom is 0.142 e. The van der Waals surface area contributed by atoms with E-state index in [0.717, 1.165) is 17.4 Å². The Labute approximate surface area is 103 Å². The minimum Gasteiger partial charge on any atom is -0.366 e. The Morgan fingerprint density at radius 3 is 2.59 bits per heavy atom. The largest absolute Gasteiger partial charge is 0.366 e. The van der Waals surface area contributed by atoms with Gasteiger partial charge in [0.25, 0.3) is 0 Å². The van der Waals surface area contributed by atoms with Crippen LogP contribution in [0.4, 0.5) is 5.82 Å². The molecule has 0 aliphatic heterocycles. The molecule has 0 saturated heterocycles. The molecule has 17 heavy (non-hydrogen) atoms. The number of anilines is 1. The monoisotopic (exact) mass is 232 g/mol. The van der Waals surface area contributed by atoms with Crippen LogP contribution < -0.4 is 5.32 Å². The van der Waals surface area contributed by atoms with E-state index in [-0.39, 0.29) is 0 Å². The van der Waals surface area contributed by atoms with Gasteiger partial charge in [-0.2, -0.15) is 10.4 Å². The van der Waals surface area contributed by atoms with Gasteiger partial charge in [-0.15, -0.1) is 0 Å². The number of aromatic nitrogens is 2. The van der Waals surface area contributed by atoms with E-state index in [0.29, 0.717) is 11.6 Å². The predicted octanol–water partition coefficient (Wildman–Crippen LogP) is 2.59. The Morgan fingerprint density at radius 1 is 1.35 bits per heavy atom. The van der Waals surface area contributed by atoms with Crippen molar-refractivity contribution >= 4 is 5.82 Å². The lowest BCUT2D eigenvalue weighted by Crippen LogP contribution is -2.26. The summed E-state index contributed by atoms with van der Waals surface area (Å²) in [6, 6.07) is 2.73. The fourth-order valence-corrected chi connectivity index (χ4v) is 2.56. The molecule has 4 heteroatoms. The quantitative estimate of drug-likeness (QED) is 0.852. The molecule has 4 nitrogen and oxygen atoms in total. The van der Waals surface area contributed by atoms with Crippen LogP contribution in [0.3, 0.4) is 0 Å². The molecule has 1 aromatic rings. The standard InChI is InChI=1S/C13H20N4/c1-9-4-6-11(7-5-9)15-13-12(8-14)10(2)16-17(13)3/h9,11,15H,4-7H2,1-3H3. The van der Waals surface area contributed by atoms with Crippen LogP contribution in [-0.2, 0) is 7.05 Å². The Kier molecular flexibility index (Phi) is 3.37. The second kappa shape index (κ2) is 4.79. The van der Waals surface area contributed by atoms with E-state index in [1.165, 1.54) is 25.7 Å². The van der Waals surface area contributed by atoms with Crippen molar-refractivity contribution in [3.63, 3.8) is 0 Å². The minimum atomic E-state index is 0.494. The molecule has 0 radical (unpaired) electrons. The summed E-state index contributed by atoms with van der Waals surface area (Å²) in [5.41, 5.74) is 1.49. The lowest BCUT2D eigenvalue weighted by molar-refractivity contribution is 0.360. The van der Waals surface area contributed by atoms with Crippen LogP contribution in [0.15, 0.2) is 0 Å². The highest BCUT2D eigenvalue weighted by Crippen LogP contribution is 2.27. The summed E-state index contributed by atoms with van der Waals surface area (Å²) in [4.78, 5) is 0. The average Bonchev–Trinajstić information content (AvgIpc) is 2.57. The number of nitriles is 1. The van der Waals surface area contributed by atoms with Crippen molar-refractivity contribution in [1.82, 2.24) is 9.78 Å². The van der Waals surface area contributed by atoms with Gasteiger partial charge >= 0.3 is 0 Å². The molecule has 1 fully saturated rings. The van der Waals surface area contributed by atoms with E-state index in [9.17, 15) is 0 Å². The third-order valence-corrected chi connectivity index (χ3v) is 3.69. The summed E-state index contributed by atoms with van der Waals surface area (Å²) in [6.07, 6.45) is 4.93. The summed E-state index contributed by atoms with van der Waals surface area (Å²) in [6.45, 7) is 4.19. The van der Waals surface area contributed by atoms with Crippen molar-refractivity contribution in [2.75, 3.05) is 5.32 Å². The van der Waals surface area contributed by atoms with Gasteiger partial charge < -0.3 is 5.32 Å². The molecule has 1 aromatic heterocycles. The number of hydrogen-bond donors (Lipinski definition) is 1. The van der Waals surface area contributed by atoms with E-state index in [1.54, 1.807) is 4.68 Å². The first-order valence-electron chi connectivity index (χ1n) is 6.32. The van der Waals surface area contributed by atoms with Crippen molar-refractivity contribution in [3.8, 4) is 6.07 Å². The summed E-state index contributed by atoms with van der Waals surface area (Å²) in [7, 11) is 1.89. The second-order valence-corrected chi connectivity index (χ2v) is 5.15. The fourth-order valence-electron chi connectivity index (χ4n) is 2.56. The molecule has 0 aromatic carbocycles. The third kappa shape index (κ3) is 2.44. The molecule has 0 atom stereocenters. The number of nitrogens with zero attached hydrogens (tertiary/aromatic N) is 3. The number of hydrogen-bond acceptors (Lipinski definition) is 3. The highest BCUT2D eigenvalue weighted by Gasteiger charge is 2.21. The van der Waals surface area contributed by atoms with Crippen molar-refractivity contribution in [2.24, 2.45) is 13.0 Å². The first kappa shape index (κ1) is 12.0. The topological polar surface area (TPSA) is 53.6 Å². The van der Waals surface area contributed by atoms with E-state index in [1.807, 2.05) is 14.0 Å². The predicted molar refractivity (Wildman–Crippen MR) is 67.7 cm³/mol. The molecule has 1 heterocycles. The zero-order valence-corrected chi connectivity index (χ0v) is 10.8. The van der Waals surface area contributed by atoms with Gasteiger partial charge in [0, 0.05) is 13.1 Å². The number of rotatable bonds is 2. The van der Waals surface area contributed by atoms with Gasteiger partial charge in [-0.3, -0.25) is 4.68 Å². The zero-order chi connectivity index (χ0) is 12.4. The van der Waals surface area contributed by atoms with Crippen LogP contribution in [0.5, 0.6) is 0 Å².